The van der Waals surface area contributed by atoms with Crippen molar-refractivity contribution in [1.29, 1.82) is 5.26 Å². The second-order valence-electron chi connectivity index (χ2n) is 14.3. The Bertz CT molecular complexity index is 2930. The number of pyridine rings is 1. The van der Waals surface area contributed by atoms with Gasteiger partial charge in [0.1, 0.15) is 0 Å². The van der Waals surface area contributed by atoms with Gasteiger partial charge in [0, 0.05) is 27.6 Å². The van der Waals surface area contributed by atoms with Crippen molar-refractivity contribution in [2.24, 2.45) is 5.92 Å². The molecule has 0 saturated heterocycles. The van der Waals surface area contributed by atoms with Crippen LogP contribution in [0.15, 0.2) is 188 Å². The average molecular weight is 702 g/mol. The normalized spacial score (nSPS) is 15.9. The first kappa shape index (κ1) is 32.4. The first-order valence-corrected chi connectivity index (χ1v) is 18.8. The van der Waals surface area contributed by atoms with Crippen molar-refractivity contribution < 1.29 is 0 Å². The zero-order valence-corrected chi connectivity index (χ0v) is 30.1. The summed E-state index contributed by atoms with van der Waals surface area (Å²) in [6.07, 6.45) is 14.8. The van der Waals surface area contributed by atoms with Gasteiger partial charge in [-0.15, -0.1) is 0 Å². The van der Waals surface area contributed by atoms with Crippen LogP contribution >= 0.6 is 0 Å². The van der Waals surface area contributed by atoms with Crippen molar-refractivity contribution in [1.82, 2.24) is 9.55 Å². The molecule has 3 heteroatoms. The highest BCUT2D eigenvalue weighted by atomic mass is 15.0. The molecule has 0 fully saturated rings. The first-order chi connectivity index (χ1) is 27.2. The van der Waals surface area contributed by atoms with E-state index < -0.39 is 0 Å². The summed E-state index contributed by atoms with van der Waals surface area (Å²) < 4.78 is 2.27. The van der Waals surface area contributed by atoms with E-state index in [-0.39, 0.29) is 0 Å². The minimum absolute atomic E-state index is 0.297. The molecule has 2 aromatic heterocycles. The Labute approximate surface area is 320 Å². The number of hydrogen-bond acceptors (Lipinski definition) is 2. The summed E-state index contributed by atoms with van der Waals surface area (Å²) in [5.74, 6) is 0.297. The van der Waals surface area contributed by atoms with Crippen LogP contribution in [0.25, 0.3) is 78.7 Å². The lowest BCUT2D eigenvalue weighted by Gasteiger charge is -2.20. The number of rotatable bonds is 5. The van der Waals surface area contributed by atoms with E-state index in [9.17, 15) is 5.26 Å². The molecule has 0 aliphatic heterocycles. The van der Waals surface area contributed by atoms with E-state index in [0.717, 1.165) is 56.6 Å². The summed E-state index contributed by atoms with van der Waals surface area (Å²) in [4.78, 5) is 5.08. The van der Waals surface area contributed by atoms with E-state index in [1.165, 1.54) is 38.8 Å². The van der Waals surface area contributed by atoms with Crippen LogP contribution in [0.4, 0.5) is 0 Å². The fourth-order valence-electron chi connectivity index (χ4n) is 8.11. The second kappa shape index (κ2) is 13.6. The standard InChI is InChI=1S/C52H35N3/c53-34-37-18-28-47-48-29-25-41(33-52(48)55(51(47)32-37)44-10-5-2-6-11-44)38-21-23-39(24-22-38)45-26-16-35-15-20-43-31-36(14-19-42(45)30-35)17-27-46(43)50-13-7-12-49(54-50)40-8-3-1-4-9-40/h1-16,18-33,36H,17H2/b19-14-,20-15-. The molecule has 8 aromatic rings. The summed E-state index contributed by atoms with van der Waals surface area (Å²) in [5.41, 5.74) is 16.5. The van der Waals surface area contributed by atoms with Crippen molar-refractivity contribution in [2.45, 2.75) is 6.42 Å². The van der Waals surface area contributed by atoms with Crippen molar-refractivity contribution in [2.75, 3.05) is 0 Å². The number of hydrogen-bond donors (Lipinski definition) is 0. The summed E-state index contributed by atoms with van der Waals surface area (Å²) in [6.45, 7) is 0. The van der Waals surface area contributed by atoms with Crippen molar-refractivity contribution in [3.8, 4) is 45.3 Å². The van der Waals surface area contributed by atoms with Gasteiger partial charge >= 0.3 is 0 Å². The van der Waals surface area contributed by atoms with E-state index in [2.05, 4.69) is 181 Å². The molecule has 258 valence electrons. The second-order valence-corrected chi connectivity index (χ2v) is 14.3. The molecule has 3 nitrogen and oxygen atoms in total. The summed E-state index contributed by atoms with van der Waals surface area (Å²) in [5, 5.41) is 12.0. The van der Waals surface area contributed by atoms with Gasteiger partial charge in [-0.3, -0.25) is 0 Å². The van der Waals surface area contributed by atoms with Gasteiger partial charge < -0.3 is 4.57 Å². The molecule has 4 bridgehead atoms. The van der Waals surface area contributed by atoms with Gasteiger partial charge in [0.15, 0.2) is 0 Å². The lowest BCUT2D eigenvalue weighted by molar-refractivity contribution is 0.822. The van der Waals surface area contributed by atoms with Crippen LogP contribution in [0.2, 0.25) is 0 Å². The molecule has 1 atom stereocenters. The summed E-state index contributed by atoms with van der Waals surface area (Å²) in [7, 11) is 0. The van der Waals surface area contributed by atoms with Crippen molar-refractivity contribution in [3.05, 3.63) is 210 Å². The molecule has 0 radical (unpaired) electrons. The van der Waals surface area contributed by atoms with E-state index in [1.807, 2.05) is 24.3 Å². The Kier molecular flexibility index (Phi) is 8.01. The number of aromatic nitrogens is 2. The van der Waals surface area contributed by atoms with Gasteiger partial charge in [0.05, 0.1) is 34.1 Å². The maximum Gasteiger partial charge on any atom is 0.0992 e. The fraction of sp³-hybridized carbons (Fsp3) is 0.0385. The molecule has 0 saturated carbocycles. The number of fused-ring (bicyclic) bond motifs is 6. The number of nitrogens with zero attached hydrogens (tertiary/aromatic N) is 3. The average Bonchev–Trinajstić information content (AvgIpc) is 3.58. The maximum absolute atomic E-state index is 9.67. The lowest BCUT2D eigenvalue weighted by atomic mass is 9.86. The molecule has 55 heavy (non-hydrogen) atoms. The van der Waals surface area contributed by atoms with Gasteiger partial charge in [-0.05, 0) is 99.8 Å². The van der Waals surface area contributed by atoms with Crippen LogP contribution in [0.1, 0.15) is 28.8 Å². The number of nitriles is 1. The van der Waals surface area contributed by atoms with E-state index in [1.54, 1.807) is 0 Å². The molecule has 2 aliphatic rings. The first-order valence-electron chi connectivity index (χ1n) is 18.8. The maximum atomic E-state index is 9.67. The Morgan fingerprint density at radius 3 is 2.13 bits per heavy atom. The van der Waals surface area contributed by atoms with Crippen molar-refractivity contribution >= 4 is 39.5 Å². The van der Waals surface area contributed by atoms with Crippen LogP contribution in [0.5, 0.6) is 0 Å². The van der Waals surface area contributed by atoms with Crippen LogP contribution in [0, 0.1) is 17.2 Å². The van der Waals surface area contributed by atoms with Crippen molar-refractivity contribution in [3.63, 3.8) is 0 Å². The highest BCUT2D eigenvalue weighted by molar-refractivity contribution is 6.10. The third-order valence-electron chi connectivity index (χ3n) is 10.9. The number of benzene rings is 6. The van der Waals surface area contributed by atoms with E-state index in [0.29, 0.717) is 11.5 Å². The molecule has 0 amide bonds. The minimum Gasteiger partial charge on any atom is -0.309 e. The molecule has 2 aliphatic carbocycles. The lowest BCUT2D eigenvalue weighted by Crippen LogP contribution is -2.03. The Morgan fingerprint density at radius 2 is 1.31 bits per heavy atom. The Morgan fingerprint density at radius 1 is 0.582 bits per heavy atom. The van der Waals surface area contributed by atoms with Crippen LogP contribution < -0.4 is 0 Å². The number of para-hydroxylation sites is 1. The molecule has 1 unspecified atom stereocenters. The summed E-state index contributed by atoms with van der Waals surface area (Å²) in [6, 6.07) is 57.8. The minimum atomic E-state index is 0.297. The van der Waals surface area contributed by atoms with Crippen LogP contribution in [-0.4, -0.2) is 9.55 Å². The van der Waals surface area contributed by atoms with Gasteiger partial charge in [-0.25, -0.2) is 4.98 Å². The zero-order chi connectivity index (χ0) is 36.7. The monoisotopic (exact) mass is 701 g/mol. The molecule has 0 N–H and O–H groups in total. The molecule has 2 heterocycles. The molecular weight excluding hydrogens is 667 g/mol. The molecule has 6 aromatic carbocycles. The molecule has 10 rings (SSSR count). The van der Waals surface area contributed by atoms with Gasteiger partial charge in [-0.2, -0.15) is 5.26 Å². The predicted molar refractivity (Wildman–Crippen MR) is 228 cm³/mol. The smallest absolute Gasteiger partial charge is 0.0992 e. The predicted octanol–water partition coefficient (Wildman–Crippen LogP) is 13.1. The molecule has 0 spiro atoms. The van der Waals surface area contributed by atoms with Gasteiger partial charge in [-0.1, -0.05) is 146 Å². The fourth-order valence-corrected chi connectivity index (χ4v) is 8.11. The van der Waals surface area contributed by atoms with Crippen LogP contribution in [-0.2, 0) is 0 Å². The third-order valence-corrected chi connectivity index (χ3v) is 10.9. The van der Waals surface area contributed by atoms with E-state index >= 15 is 0 Å². The highest BCUT2D eigenvalue weighted by Gasteiger charge is 2.18. The Hall–Kier alpha value is -7.28. The van der Waals surface area contributed by atoms with Crippen LogP contribution in [0.3, 0.4) is 0 Å². The zero-order valence-electron chi connectivity index (χ0n) is 30.1. The quantitative estimate of drug-likeness (QED) is 0.179. The summed E-state index contributed by atoms with van der Waals surface area (Å²) >= 11 is 0. The largest absolute Gasteiger partial charge is 0.309 e. The van der Waals surface area contributed by atoms with Gasteiger partial charge in [0.25, 0.3) is 0 Å². The highest BCUT2D eigenvalue weighted by Crippen LogP contribution is 2.38. The third kappa shape index (κ3) is 6.01. The SMILES string of the molecule is N#Cc1ccc2c3ccc(-c4ccc(-c5ccc6cc5/C=C\C5C=C(/C=C\6)C(c6cccc(-c7ccccc7)n6)=CC5)cc4)cc3n(-c3ccccc3)c2c1. The Balaban J connectivity index is 0.956. The van der Waals surface area contributed by atoms with E-state index in [4.69, 9.17) is 4.98 Å². The van der Waals surface area contributed by atoms with Gasteiger partial charge in [0.2, 0.25) is 0 Å². The molecular formula is C52H35N3. The topological polar surface area (TPSA) is 41.6 Å². The number of allylic oxidation sites excluding steroid dienone is 6.